The number of nitrogens with zero attached hydrogens (tertiary/aromatic N) is 2. The van der Waals surface area contributed by atoms with Gasteiger partial charge in [0.05, 0.1) is 5.52 Å². The molecule has 1 saturated carbocycles. The monoisotopic (exact) mass is 241 g/mol. The number of hydrogen-bond acceptors (Lipinski definition) is 3. The summed E-state index contributed by atoms with van der Waals surface area (Å²) in [5, 5.41) is 4.74. The van der Waals surface area contributed by atoms with Gasteiger partial charge >= 0.3 is 0 Å². The van der Waals surface area contributed by atoms with Gasteiger partial charge in [0.25, 0.3) is 0 Å². The van der Waals surface area contributed by atoms with E-state index < -0.39 is 0 Å². The maximum atomic E-state index is 4.42. The Hall–Kier alpha value is -1.64. The molecule has 0 radical (unpaired) electrons. The van der Waals surface area contributed by atoms with E-state index in [1.165, 1.54) is 31.2 Å². The molecule has 0 amide bonds. The first-order valence-electron chi connectivity index (χ1n) is 6.87. The number of aromatic nitrogens is 2. The lowest BCUT2D eigenvalue weighted by Gasteiger charge is -2.14. The molecule has 3 rings (SSSR count). The van der Waals surface area contributed by atoms with Crippen LogP contribution in [0.3, 0.4) is 0 Å². The Morgan fingerprint density at radius 3 is 2.83 bits per heavy atom. The highest BCUT2D eigenvalue weighted by Gasteiger charge is 2.16. The molecule has 3 nitrogen and oxygen atoms in total. The molecule has 1 heterocycles. The van der Waals surface area contributed by atoms with Gasteiger partial charge in [0.15, 0.2) is 0 Å². The Morgan fingerprint density at radius 1 is 1.22 bits per heavy atom. The van der Waals surface area contributed by atoms with Crippen LogP contribution in [0.5, 0.6) is 0 Å². The number of benzene rings is 1. The zero-order valence-corrected chi connectivity index (χ0v) is 10.8. The third-order valence-corrected chi connectivity index (χ3v) is 3.80. The van der Waals surface area contributed by atoms with Crippen molar-refractivity contribution in [3.63, 3.8) is 0 Å². The van der Waals surface area contributed by atoms with Crippen LogP contribution >= 0.6 is 0 Å². The van der Waals surface area contributed by atoms with E-state index in [9.17, 15) is 0 Å². The van der Waals surface area contributed by atoms with Crippen molar-refractivity contribution in [1.82, 2.24) is 9.97 Å². The number of nitrogens with one attached hydrogen (secondary N) is 1. The third-order valence-electron chi connectivity index (χ3n) is 3.80. The summed E-state index contributed by atoms with van der Waals surface area (Å²) in [5.74, 6) is 1.00. The minimum absolute atomic E-state index is 0.591. The highest BCUT2D eigenvalue weighted by atomic mass is 15.0. The van der Waals surface area contributed by atoms with Gasteiger partial charge in [-0.1, -0.05) is 25.8 Å². The molecule has 0 aliphatic heterocycles. The first-order valence-corrected chi connectivity index (χ1v) is 6.87. The number of rotatable bonds is 3. The second-order valence-electron chi connectivity index (χ2n) is 5.05. The van der Waals surface area contributed by atoms with E-state index in [1.54, 1.807) is 6.33 Å². The quantitative estimate of drug-likeness (QED) is 0.893. The van der Waals surface area contributed by atoms with Crippen molar-refractivity contribution in [3.8, 4) is 0 Å². The Labute approximate surface area is 108 Å². The van der Waals surface area contributed by atoms with Crippen LogP contribution in [0.2, 0.25) is 0 Å². The average molecular weight is 241 g/mol. The Bertz CT molecular complexity index is 544. The molecule has 1 aromatic carbocycles. The molecule has 94 valence electrons. The zero-order valence-electron chi connectivity index (χ0n) is 10.8. The van der Waals surface area contributed by atoms with E-state index in [2.05, 4.69) is 40.4 Å². The van der Waals surface area contributed by atoms with Gasteiger partial charge in [0, 0.05) is 11.4 Å². The molecule has 0 bridgehead atoms. The molecule has 1 fully saturated rings. The van der Waals surface area contributed by atoms with Crippen molar-refractivity contribution < 1.29 is 0 Å². The Morgan fingerprint density at radius 2 is 2.06 bits per heavy atom. The lowest BCUT2D eigenvalue weighted by molar-refractivity contribution is 0.751. The molecule has 0 spiro atoms. The molecule has 1 aliphatic carbocycles. The maximum Gasteiger partial charge on any atom is 0.137 e. The van der Waals surface area contributed by atoms with E-state index in [0.717, 1.165) is 23.1 Å². The van der Waals surface area contributed by atoms with E-state index in [-0.39, 0.29) is 0 Å². The minimum Gasteiger partial charge on any atom is -0.367 e. The Balaban J connectivity index is 1.98. The third kappa shape index (κ3) is 2.17. The SMILES string of the molecule is CCc1ccc2ncnc(NC3CCCC3)c2c1. The summed E-state index contributed by atoms with van der Waals surface area (Å²) in [6, 6.07) is 7.05. The van der Waals surface area contributed by atoms with Gasteiger partial charge < -0.3 is 5.32 Å². The summed E-state index contributed by atoms with van der Waals surface area (Å²) in [7, 11) is 0. The molecular weight excluding hydrogens is 222 g/mol. The second-order valence-corrected chi connectivity index (χ2v) is 5.05. The zero-order chi connectivity index (χ0) is 12.4. The van der Waals surface area contributed by atoms with Gasteiger partial charge in [-0.3, -0.25) is 0 Å². The van der Waals surface area contributed by atoms with Crippen molar-refractivity contribution in [2.75, 3.05) is 5.32 Å². The normalized spacial score (nSPS) is 16.3. The molecule has 2 aromatic rings. The van der Waals surface area contributed by atoms with Crippen molar-refractivity contribution in [1.29, 1.82) is 0 Å². The minimum atomic E-state index is 0.591. The van der Waals surface area contributed by atoms with Gasteiger partial charge in [0.1, 0.15) is 12.1 Å². The highest BCUT2D eigenvalue weighted by molar-refractivity contribution is 5.89. The summed E-state index contributed by atoms with van der Waals surface area (Å²) in [6.45, 7) is 2.18. The van der Waals surface area contributed by atoms with Crippen LogP contribution in [0.1, 0.15) is 38.2 Å². The van der Waals surface area contributed by atoms with Crippen molar-refractivity contribution in [3.05, 3.63) is 30.1 Å². The number of aryl methyl sites for hydroxylation is 1. The van der Waals surface area contributed by atoms with Crippen LogP contribution in [0.15, 0.2) is 24.5 Å². The molecule has 1 N–H and O–H groups in total. The van der Waals surface area contributed by atoms with Crippen molar-refractivity contribution in [2.24, 2.45) is 0 Å². The Kier molecular flexibility index (Phi) is 3.13. The number of anilines is 1. The first-order chi connectivity index (χ1) is 8.86. The smallest absolute Gasteiger partial charge is 0.137 e. The predicted molar refractivity (Wildman–Crippen MR) is 74.8 cm³/mol. The summed E-state index contributed by atoms with van der Waals surface area (Å²) in [6.07, 6.45) is 7.90. The van der Waals surface area contributed by atoms with Gasteiger partial charge in [0.2, 0.25) is 0 Å². The fourth-order valence-corrected chi connectivity index (χ4v) is 2.70. The van der Waals surface area contributed by atoms with E-state index >= 15 is 0 Å². The predicted octanol–water partition coefficient (Wildman–Crippen LogP) is 3.55. The van der Waals surface area contributed by atoms with Crippen LogP contribution in [0.25, 0.3) is 10.9 Å². The van der Waals surface area contributed by atoms with Crippen molar-refractivity contribution >= 4 is 16.7 Å². The standard InChI is InChI=1S/C15H19N3/c1-2-11-7-8-14-13(9-11)15(17-10-16-14)18-12-5-3-4-6-12/h7-10,12H,2-6H2,1H3,(H,16,17,18). The first kappa shape index (κ1) is 11.5. The largest absolute Gasteiger partial charge is 0.367 e. The van der Waals surface area contributed by atoms with Crippen LogP contribution in [0, 0.1) is 0 Å². The lowest BCUT2D eigenvalue weighted by atomic mass is 10.1. The summed E-state index contributed by atoms with van der Waals surface area (Å²) in [5.41, 5.74) is 2.37. The summed E-state index contributed by atoms with van der Waals surface area (Å²) in [4.78, 5) is 8.76. The summed E-state index contributed by atoms with van der Waals surface area (Å²) < 4.78 is 0. The van der Waals surface area contributed by atoms with Gasteiger partial charge in [-0.2, -0.15) is 0 Å². The topological polar surface area (TPSA) is 37.8 Å². The van der Waals surface area contributed by atoms with Gasteiger partial charge in [-0.15, -0.1) is 0 Å². The van der Waals surface area contributed by atoms with E-state index in [1.807, 2.05) is 0 Å². The van der Waals surface area contributed by atoms with E-state index in [0.29, 0.717) is 6.04 Å². The molecule has 3 heteroatoms. The fraction of sp³-hybridized carbons (Fsp3) is 0.467. The number of fused-ring (bicyclic) bond motifs is 1. The van der Waals surface area contributed by atoms with Crippen molar-refractivity contribution in [2.45, 2.75) is 45.1 Å². The molecule has 0 saturated heterocycles. The van der Waals surface area contributed by atoms with Gasteiger partial charge in [-0.05, 0) is 37.0 Å². The molecule has 1 aromatic heterocycles. The molecule has 0 atom stereocenters. The molecule has 0 unspecified atom stereocenters. The molecule has 1 aliphatic rings. The number of hydrogen-bond donors (Lipinski definition) is 1. The maximum absolute atomic E-state index is 4.42. The molecule has 18 heavy (non-hydrogen) atoms. The van der Waals surface area contributed by atoms with Crippen LogP contribution in [-0.4, -0.2) is 16.0 Å². The molecular formula is C15H19N3. The van der Waals surface area contributed by atoms with E-state index in [4.69, 9.17) is 0 Å². The van der Waals surface area contributed by atoms with Crippen LogP contribution in [-0.2, 0) is 6.42 Å². The van der Waals surface area contributed by atoms with Crippen LogP contribution in [0.4, 0.5) is 5.82 Å². The lowest BCUT2D eigenvalue weighted by Crippen LogP contribution is -2.15. The highest BCUT2D eigenvalue weighted by Crippen LogP contribution is 2.26. The summed E-state index contributed by atoms with van der Waals surface area (Å²) >= 11 is 0. The average Bonchev–Trinajstić information content (AvgIpc) is 2.91. The van der Waals surface area contributed by atoms with Gasteiger partial charge in [-0.25, -0.2) is 9.97 Å². The van der Waals surface area contributed by atoms with Crippen LogP contribution < -0.4 is 5.32 Å². The fourth-order valence-electron chi connectivity index (χ4n) is 2.70. The second kappa shape index (κ2) is 4.92.